The number of methoxy groups -OCH3 is 1. The maximum atomic E-state index is 8.02. The van der Waals surface area contributed by atoms with E-state index < -0.39 is 0 Å². The highest BCUT2D eigenvalue weighted by Gasteiger charge is 1.84. The Morgan fingerprint density at radius 2 is 2.22 bits per heavy atom. The van der Waals surface area contributed by atoms with E-state index in [1.54, 1.807) is 7.11 Å². The van der Waals surface area contributed by atoms with Crippen molar-refractivity contribution >= 4 is 0 Å². The molecule has 0 fully saturated rings. The van der Waals surface area contributed by atoms with Gasteiger partial charge in [-0.25, -0.2) is 0 Å². The summed E-state index contributed by atoms with van der Waals surface area (Å²) in [5.74, 6) is 0. The molecule has 0 radical (unpaired) electrons. The molecule has 0 heterocycles. The Labute approximate surface area is 55.2 Å². The zero-order valence-electron chi connectivity index (χ0n) is 5.59. The molecule has 0 spiro atoms. The van der Waals surface area contributed by atoms with Crippen LogP contribution >= 0.6 is 0 Å². The smallest absolute Gasteiger partial charge is 0.133 e. The van der Waals surface area contributed by atoms with Gasteiger partial charge in [0.05, 0.1) is 12.7 Å². The highest BCUT2D eigenvalue weighted by Crippen LogP contribution is 1.81. The first-order valence-corrected chi connectivity index (χ1v) is 2.85. The molecule has 52 valence electrons. The molecule has 0 aromatic heterocycles. The van der Waals surface area contributed by atoms with Gasteiger partial charge < -0.3 is 9.47 Å². The summed E-state index contributed by atoms with van der Waals surface area (Å²) in [6.45, 7) is 1.50. The second kappa shape index (κ2) is 7.41. The van der Waals surface area contributed by atoms with Crippen molar-refractivity contribution in [2.75, 3.05) is 26.9 Å². The third kappa shape index (κ3) is 7.41. The van der Waals surface area contributed by atoms with Crippen LogP contribution in [0.4, 0.5) is 0 Å². The van der Waals surface area contributed by atoms with E-state index in [1.165, 1.54) is 0 Å². The van der Waals surface area contributed by atoms with Gasteiger partial charge in [0.2, 0.25) is 0 Å². The molecule has 0 atom stereocenters. The van der Waals surface area contributed by atoms with Crippen molar-refractivity contribution in [2.45, 2.75) is 6.42 Å². The fourth-order valence-corrected chi connectivity index (χ4v) is 0.423. The van der Waals surface area contributed by atoms with Crippen LogP contribution in [0.3, 0.4) is 0 Å². The monoisotopic (exact) mass is 129 g/mol. The lowest BCUT2D eigenvalue weighted by Gasteiger charge is -1.96. The van der Waals surface area contributed by atoms with Gasteiger partial charge in [-0.1, -0.05) is 0 Å². The van der Waals surface area contributed by atoms with Crippen LogP contribution in [0.1, 0.15) is 6.42 Å². The van der Waals surface area contributed by atoms with Crippen molar-refractivity contribution in [3.63, 3.8) is 0 Å². The van der Waals surface area contributed by atoms with Crippen LogP contribution in [0.25, 0.3) is 0 Å². The molecule has 0 saturated heterocycles. The maximum Gasteiger partial charge on any atom is 0.133 e. The van der Waals surface area contributed by atoms with Gasteiger partial charge in [-0.3, -0.25) is 0 Å². The minimum Gasteiger partial charge on any atom is -0.385 e. The standard InChI is InChI=1S/C6H11NO2/c1-8-4-2-5-9-6-3-7/h2,4-6H2,1H3. The van der Waals surface area contributed by atoms with Crippen LogP contribution in [0.2, 0.25) is 0 Å². The van der Waals surface area contributed by atoms with E-state index in [0.717, 1.165) is 6.42 Å². The molecule has 0 saturated carbocycles. The summed E-state index contributed by atoms with van der Waals surface area (Å²) < 4.78 is 9.60. The highest BCUT2D eigenvalue weighted by atomic mass is 16.5. The quantitative estimate of drug-likeness (QED) is 0.509. The Morgan fingerprint density at radius 3 is 2.78 bits per heavy atom. The molecule has 3 nitrogen and oxygen atoms in total. The molecule has 0 aliphatic heterocycles. The third-order valence-corrected chi connectivity index (χ3v) is 0.804. The van der Waals surface area contributed by atoms with Crippen molar-refractivity contribution in [1.29, 1.82) is 5.26 Å². The molecule has 0 unspecified atom stereocenters. The van der Waals surface area contributed by atoms with Gasteiger partial charge in [-0.2, -0.15) is 5.26 Å². The van der Waals surface area contributed by atoms with E-state index in [1.807, 2.05) is 6.07 Å². The number of nitriles is 1. The van der Waals surface area contributed by atoms with Crippen molar-refractivity contribution in [1.82, 2.24) is 0 Å². The van der Waals surface area contributed by atoms with Crippen molar-refractivity contribution in [2.24, 2.45) is 0 Å². The molecule has 3 heteroatoms. The summed E-state index contributed by atoms with van der Waals surface area (Å²) in [5, 5.41) is 8.02. The lowest BCUT2D eigenvalue weighted by atomic mass is 10.5. The number of nitrogens with zero attached hydrogens (tertiary/aromatic N) is 1. The zero-order chi connectivity index (χ0) is 6.95. The Kier molecular flexibility index (Phi) is 6.92. The summed E-state index contributed by atoms with van der Waals surface area (Å²) in [6, 6.07) is 1.88. The number of hydrogen-bond donors (Lipinski definition) is 0. The molecule has 0 aliphatic rings. The van der Waals surface area contributed by atoms with Gasteiger partial charge in [0.25, 0.3) is 0 Å². The van der Waals surface area contributed by atoms with Crippen LogP contribution in [0.5, 0.6) is 0 Å². The van der Waals surface area contributed by atoms with Crippen molar-refractivity contribution in [3.05, 3.63) is 0 Å². The zero-order valence-corrected chi connectivity index (χ0v) is 5.59. The van der Waals surface area contributed by atoms with E-state index >= 15 is 0 Å². The van der Waals surface area contributed by atoms with Gasteiger partial charge >= 0.3 is 0 Å². The number of rotatable bonds is 5. The minimum atomic E-state index is 0.184. The third-order valence-electron chi connectivity index (χ3n) is 0.804. The fraction of sp³-hybridized carbons (Fsp3) is 0.833. The Morgan fingerprint density at radius 1 is 1.44 bits per heavy atom. The van der Waals surface area contributed by atoms with Gasteiger partial charge in [-0.15, -0.1) is 0 Å². The van der Waals surface area contributed by atoms with E-state index in [9.17, 15) is 0 Å². The molecule has 9 heavy (non-hydrogen) atoms. The first kappa shape index (κ1) is 8.41. The molecule has 0 aliphatic carbocycles. The lowest BCUT2D eigenvalue weighted by molar-refractivity contribution is 0.122. The van der Waals surface area contributed by atoms with Crippen LogP contribution in [0.15, 0.2) is 0 Å². The first-order valence-electron chi connectivity index (χ1n) is 2.85. The van der Waals surface area contributed by atoms with Crippen LogP contribution in [0, 0.1) is 11.3 Å². The summed E-state index contributed by atoms with van der Waals surface area (Å²) in [4.78, 5) is 0. The Balaban J connectivity index is 2.69. The van der Waals surface area contributed by atoms with Crippen LogP contribution in [-0.2, 0) is 9.47 Å². The molecular weight excluding hydrogens is 118 g/mol. The minimum absolute atomic E-state index is 0.184. The maximum absolute atomic E-state index is 8.02. The second-order valence-corrected chi connectivity index (χ2v) is 1.56. The predicted molar refractivity (Wildman–Crippen MR) is 32.9 cm³/mol. The Hall–Kier alpha value is -0.590. The molecule has 0 N–H and O–H groups in total. The largest absolute Gasteiger partial charge is 0.385 e. The summed E-state index contributed by atoms with van der Waals surface area (Å²) in [7, 11) is 1.64. The normalized spacial score (nSPS) is 8.89. The fourth-order valence-electron chi connectivity index (χ4n) is 0.423. The van der Waals surface area contributed by atoms with Gasteiger partial charge in [0.15, 0.2) is 0 Å². The van der Waals surface area contributed by atoms with Crippen LogP contribution < -0.4 is 0 Å². The average molecular weight is 129 g/mol. The van der Waals surface area contributed by atoms with E-state index in [0.29, 0.717) is 13.2 Å². The average Bonchev–Trinajstić information content (AvgIpc) is 1.89. The summed E-state index contributed by atoms with van der Waals surface area (Å²) in [5.41, 5.74) is 0. The molecule has 0 aromatic rings. The topological polar surface area (TPSA) is 42.2 Å². The number of hydrogen-bond acceptors (Lipinski definition) is 3. The van der Waals surface area contributed by atoms with Crippen molar-refractivity contribution < 1.29 is 9.47 Å². The molecule has 0 rings (SSSR count). The van der Waals surface area contributed by atoms with E-state index in [-0.39, 0.29) is 6.61 Å². The molecule has 0 bridgehead atoms. The SMILES string of the molecule is COCCCOCC#N. The van der Waals surface area contributed by atoms with Crippen LogP contribution in [-0.4, -0.2) is 26.9 Å². The highest BCUT2D eigenvalue weighted by molar-refractivity contribution is 4.65. The van der Waals surface area contributed by atoms with Gasteiger partial charge in [0, 0.05) is 13.7 Å². The molecule has 0 aromatic carbocycles. The Bertz CT molecular complexity index is 87.5. The first-order chi connectivity index (χ1) is 4.41. The summed E-state index contributed by atoms with van der Waals surface area (Å²) in [6.07, 6.45) is 0.859. The van der Waals surface area contributed by atoms with Gasteiger partial charge in [-0.05, 0) is 6.42 Å². The lowest BCUT2D eigenvalue weighted by Crippen LogP contribution is -1.98. The van der Waals surface area contributed by atoms with E-state index in [4.69, 9.17) is 14.7 Å². The molecule has 0 amide bonds. The van der Waals surface area contributed by atoms with E-state index in [2.05, 4.69) is 0 Å². The van der Waals surface area contributed by atoms with Crippen molar-refractivity contribution in [3.8, 4) is 6.07 Å². The molecular formula is C6H11NO2. The predicted octanol–water partition coefficient (Wildman–Crippen LogP) is 0.563. The van der Waals surface area contributed by atoms with Gasteiger partial charge in [0.1, 0.15) is 6.61 Å². The summed E-state index contributed by atoms with van der Waals surface area (Å²) >= 11 is 0. The number of ether oxygens (including phenoxy) is 2. The second-order valence-electron chi connectivity index (χ2n) is 1.56.